The van der Waals surface area contributed by atoms with Crippen LogP contribution < -0.4 is 5.32 Å². The zero-order valence-corrected chi connectivity index (χ0v) is 15.1. The van der Waals surface area contributed by atoms with Crippen molar-refractivity contribution in [3.8, 4) is 0 Å². The molecule has 2 nitrogen and oxygen atoms in total. The first-order chi connectivity index (χ1) is 10.0. The fraction of sp³-hybridized carbons (Fsp3) is 0.625. The Labute approximate surface area is 148 Å². The molecule has 0 amide bonds. The lowest BCUT2D eigenvalue weighted by Gasteiger charge is -2.36. The Morgan fingerprint density at radius 2 is 1.57 bits per heavy atom. The predicted molar refractivity (Wildman–Crippen MR) is 92.1 cm³/mol. The van der Waals surface area contributed by atoms with Crippen molar-refractivity contribution in [3.05, 3.63) is 35.1 Å². The highest BCUT2D eigenvalue weighted by molar-refractivity contribution is 5.85. The number of rotatable bonds is 5. The summed E-state index contributed by atoms with van der Waals surface area (Å²) in [7, 11) is 0. The lowest BCUT2D eigenvalue weighted by atomic mass is 9.94. The molecule has 0 saturated carbocycles. The first-order valence-electron chi connectivity index (χ1n) is 7.59. The summed E-state index contributed by atoms with van der Waals surface area (Å²) in [6, 6.07) is 1.48. The van der Waals surface area contributed by atoms with Crippen molar-refractivity contribution in [2.45, 2.75) is 32.7 Å². The van der Waals surface area contributed by atoms with Gasteiger partial charge in [0.2, 0.25) is 0 Å². The smallest absolute Gasteiger partial charge is 0.166 e. The molecule has 0 spiro atoms. The Kier molecular flexibility index (Phi) is 10.2. The van der Waals surface area contributed by atoms with Gasteiger partial charge in [0.05, 0.1) is 0 Å². The molecular weight excluding hydrogens is 348 g/mol. The van der Waals surface area contributed by atoms with E-state index in [2.05, 4.69) is 24.1 Å². The average Bonchev–Trinajstić information content (AvgIpc) is 2.47. The molecule has 0 bridgehead atoms. The van der Waals surface area contributed by atoms with Gasteiger partial charge in [-0.15, -0.1) is 24.8 Å². The van der Waals surface area contributed by atoms with Gasteiger partial charge in [-0.25, -0.2) is 13.2 Å². The van der Waals surface area contributed by atoms with E-state index in [0.717, 1.165) is 44.7 Å². The summed E-state index contributed by atoms with van der Waals surface area (Å²) < 4.78 is 41.8. The fourth-order valence-electron chi connectivity index (χ4n) is 2.84. The highest BCUT2D eigenvalue weighted by Gasteiger charge is 2.28. The van der Waals surface area contributed by atoms with E-state index in [9.17, 15) is 13.2 Å². The van der Waals surface area contributed by atoms with E-state index in [-0.39, 0.29) is 30.4 Å². The SMILES string of the molecule is CC(C)CC[C@H](c1c(F)ccc(F)c1F)N1CCNCC1.Cl.Cl. The van der Waals surface area contributed by atoms with E-state index in [1.165, 1.54) is 0 Å². The Bertz CT molecular complexity index is 481. The van der Waals surface area contributed by atoms with Crippen LogP contribution in [0.3, 0.4) is 0 Å². The highest BCUT2D eigenvalue weighted by atomic mass is 35.5. The molecule has 1 aliphatic rings. The van der Waals surface area contributed by atoms with Crippen LogP contribution in [-0.2, 0) is 0 Å². The maximum atomic E-state index is 14.1. The van der Waals surface area contributed by atoms with E-state index in [4.69, 9.17) is 0 Å². The summed E-state index contributed by atoms with van der Waals surface area (Å²) in [5, 5.41) is 3.22. The van der Waals surface area contributed by atoms with Crippen LogP contribution in [0.25, 0.3) is 0 Å². The number of piperazine rings is 1. The number of hydrogen-bond acceptors (Lipinski definition) is 2. The van der Waals surface area contributed by atoms with Crippen LogP contribution >= 0.6 is 24.8 Å². The Morgan fingerprint density at radius 1 is 1.00 bits per heavy atom. The zero-order chi connectivity index (χ0) is 15.4. The number of benzene rings is 1. The first-order valence-corrected chi connectivity index (χ1v) is 7.59. The lowest BCUT2D eigenvalue weighted by molar-refractivity contribution is 0.152. The van der Waals surface area contributed by atoms with Crippen LogP contribution in [0.1, 0.15) is 38.3 Å². The standard InChI is InChI=1S/C16H23F3N2.2ClH/c1-11(2)3-6-14(21-9-7-20-8-10-21)15-12(17)4-5-13(18)16(15)19;;/h4-5,11,14,20H,3,6-10H2,1-2H3;2*1H/t14-;;/m1../s1. The topological polar surface area (TPSA) is 15.3 Å². The van der Waals surface area contributed by atoms with Crippen LogP contribution in [0, 0.1) is 23.4 Å². The third kappa shape index (κ3) is 5.82. The van der Waals surface area contributed by atoms with E-state index >= 15 is 0 Å². The van der Waals surface area contributed by atoms with Gasteiger partial charge in [0, 0.05) is 37.8 Å². The van der Waals surface area contributed by atoms with Gasteiger partial charge < -0.3 is 5.32 Å². The van der Waals surface area contributed by atoms with Gasteiger partial charge in [-0.05, 0) is 30.9 Å². The molecule has 2 rings (SSSR count). The molecule has 0 unspecified atom stereocenters. The van der Waals surface area contributed by atoms with Crippen molar-refractivity contribution in [2.24, 2.45) is 5.92 Å². The first kappa shape index (κ1) is 22.5. The normalized spacial score (nSPS) is 16.6. The third-order valence-electron chi connectivity index (χ3n) is 4.02. The molecule has 1 N–H and O–H groups in total. The van der Waals surface area contributed by atoms with E-state index in [0.29, 0.717) is 12.3 Å². The van der Waals surface area contributed by atoms with Crippen molar-refractivity contribution in [2.75, 3.05) is 26.2 Å². The third-order valence-corrected chi connectivity index (χ3v) is 4.02. The molecule has 1 atom stereocenters. The minimum absolute atomic E-state index is 0. The second-order valence-electron chi connectivity index (χ2n) is 6.03. The van der Waals surface area contributed by atoms with E-state index < -0.39 is 23.5 Å². The molecule has 1 saturated heterocycles. The minimum Gasteiger partial charge on any atom is -0.314 e. The van der Waals surface area contributed by atoms with Gasteiger partial charge in [-0.3, -0.25) is 4.90 Å². The summed E-state index contributed by atoms with van der Waals surface area (Å²) in [5.74, 6) is -2.23. The molecule has 1 fully saturated rings. The van der Waals surface area contributed by atoms with Crippen LogP contribution in [0.5, 0.6) is 0 Å². The number of nitrogens with zero attached hydrogens (tertiary/aromatic N) is 1. The fourth-order valence-corrected chi connectivity index (χ4v) is 2.84. The average molecular weight is 373 g/mol. The largest absolute Gasteiger partial charge is 0.314 e. The molecule has 0 aromatic heterocycles. The molecule has 134 valence electrons. The van der Waals surface area contributed by atoms with Gasteiger partial charge in [-0.2, -0.15) is 0 Å². The summed E-state index contributed by atoms with van der Waals surface area (Å²) in [4.78, 5) is 2.06. The highest BCUT2D eigenvalue weighted by Crippen LogP contribution is 2.32. The van der Waals surface area contributed by atoms with Gasteiger partial charge in [-0.1, -0.05) is 13.8 Å². The van der Waals surface area contributed by atoms with E-state index in [1.807, 2.05) is 0 Å². The van der Waals surface area contributed by atoms with Crippen molar-refractivity contribution < 1.29 is 13.2 Å². The van der Waals surface area contributed by atoms with Gasteiger partial charge in [0.1, 0.15) is 5.82 Å². The maximum Gasteiger partial charge on any atom is 0.166 e. The second-order valence-corrected chi connectivity index (χ2v) is 6.03. The summed E-state index contributed by atoms with van der Waals surface area (Å²) in [6.45, 7) is 7.17. The van der Waals surface area contributed by atoms with E-state index in [1.54, 1.807) is 0 Å². The summed E-state index contributed by atoms with van der Waals surface area (Å²) in [5.41, 5.74) is -0.113. The number of nitrogens with one attached hydrogen (secondary N) is 1. The molecular formula is C16H25Cl2F3N2. The number of hydrogen-bond donors (Lipinski definition) is 1. The minimum atomic E-state index is -1.04. The molecule has 1 aromatic carbocycles. The quantitative estimate of drug-likeness (QED) is 0.773. The summed E-state index contributed by atoms with van der Waals surface area (Å²) >= 11 is 0. The van der Waals surface area contributed by atoms with Crippen LogP contribution in [0.4, 0.5) is 13.2 Å². The van der Waals surface area contributed by atoms with Crippen LogP contribution in [0.15, 0.2) is 12.1 Å². The molecule has 7 heteroatoms. The molecule has 0 radical (unpaired) electrons. The molecule has 23 heavy (non-hydrogen) atoms. The molecule has 1 heterocycles. The van der Waals surface area contributed by atoms with Crippen LogP contribution in [-0.4, -0.2) is 31.1 Å². The Balaban J connectivity index is 0.00000242. The number of halogens is 5. The Morgan fingerprint density at radius 3 is 2.13 bits per heavy atom. The lowest BCUT2D eigenvalue weighted by Crippen LogP contribution is -2.45. The summed E-state index contributed by atoms with van der Waals surface area (Å²) in [6.07, 6.45) is 1.49. The van der Waals surface area contributed by atoms with Gasteiger partial charge in [0.25, 0.3) is 0 Å². The monoisotopic (exact) mass is 372 g/mol. The zero-order valence-electron chi connectivity index (χ0n) is 13.4. The van der Waals surface area contributed by atoms with Crippen LogP contribution in [0.2, 0.25) is 0 Å². The van der Waals surface area contributed by atoms with Crippen molar-refractivity contribution >= 4 is 24.8 Å². The maximum absolute atomic E-state index is 14.1. The molecule has 0 aliphatic carbocycles. The van der Waals surface area contributed by atoms with Gasteiger partial charge in [0.15, 0.2) is 11.6 Å². The van der Waals surface area contributed by atoms with Crippen molar-refractivity contribution in [3.63, 3.8) is 0 Å². The van der Waals surface area contributed by atoms with Crippen molar-refractivity contribution in [1.82, 2.24) is 10.2 Å². The Hall–Kier alpha value is -0.490. The van der Waals surface area contributed by atoms with Crippen molar-refractivity contribution in [1.29, 1.82) is 0 Å². The van der Waals surface area contributed by atoms with Gasteiger partial charge >= 0.3 is 0 Å². The molecule has 1 aromatic rings. The second kappa shape index (κ2) is 10.4. The predicted octanol–water partition coefficient (Wildman–Crippen LogP) is 4.33. The molecule has 1 aliphatic heterocycles.